The first-order valence-electron chi connectivity index (χ1n) is 10.6. The summed E-state index contributed by atoms with van der Waals surface area (Å²) in [6, 6.07) is 18.7. The van der Waals surface area contributed by atoms with E-state index in [4.69, 9.17) is 9.47 Å². The third-order valence-corrected chi connectivity index (χ3v) is 5.55. The zero-order valence-electron chi connectivity index (χ0n) is 18.7. The minimum atomic E-state index is -0.342. The van der Waals surface area contributed by atoms with Crippen LogP contribution in [0.25, 0.3) is 22.2 Å². The number of ether oxygens (including phenoxy) is 2. The van der Waals surface area contributed by atoms with Crippen LogP contribution < -0.4 is 14.9 Å². The largest absolute Gasteiger partial charge is 0.490 e. The zero-order valence-corrected chi connectivity index (χ0v) is 18.7. The predicted molar refractivity (Wildman–Crippen MR) is 127 cm³/mol. The maximum atomic E-state index is 13.7. The number of Topliss-reactive ketones (excluding diaryl/α,β-unsaturated/α-hetero) is 1. The highest BCUT2D eigenvalue weighted by Gasteiger charge is 2.19. The van der Waals surface area contributed by atoms with Gasteiger partial charge in [-0.25, -0.2) is 4.39 Å². The second kappa shape index (κ2) is 9.28. The van der Waals surface area contributed by atoms with Gasteiger partial charge < -0.3 is 14.0 Å². The summed E-state index contributed by atoms with van der Waals surface area (Å²) in [5.74, 6) is 0.348. The van der Waals surface area contributed by atoms with E-state index in [2.05, 4.69) is 0 Å². The van der Waals surface area contributed by atoms with Gasteiger partial charge in [0.25, 0.3) is 0 Å². The Morgan fingerprint density at radius 2 is 1.73 bits per heavy atom. The van der Waals surface area contributed by atoms with Gasteiger partial charge in [-0.2, -0.15) is 0 Å². The number of ketones is 1. The monoisotopic (exact) mass is 445 g/mol. The summed E-state index contributed by atoms with van der Waals surface area (Å²) < 4.78 is 27.3. The van der Waals surface area contributed by atoms with Crippen LogP contribution in [0.15, 0.2) is 71.5 Å². The number of halogens is 1. The van der Waals surface area contributed by atoms with Crippen LogP contribution in [0.1, 0.15) is 22.8 Å². The average molecular weight is 445 g/mol. The second-order valence-corrected chi connectivity index (χ2v) is 7.82. The number of nitrogens with zero attached hydrogens (tertiary/aromatic N) is 1. The van der Waals surface area contributed by atoms with Crippen molar-refractivity contribution in [3.05, 3.63) is 93.9 Å². The van der Waals surface area contributed by atoms with Crippen LogP contribution in [0, 0.1) is 12.7 Å². The van der Waals surface area contributed by atoms with E-state index in [1.54, 1.807) is 49.4 Å². The fraction of sp³-hybridized carbons (Fsp3) is 0.185. The van der Waals surface area contributed by atoms with Crippen LogP contribution in [-0.4, -0.2) is 23.6 Å². The Kier molecular flexibility index (Phi) is 6.27. The van der Waals surface area contributed by atoms with E-state index in [9.17, 15) is 14.0 Å². The van der Waals surface area contributed by atoms with E-state index in [-0.39, 0.29) is 36.0 Å². The molecule has 0 fully saturated rings. The molecule has 0 saturated heterocycles. The molecule has 6 heteroatoms. The number of carbonyl (C=O) groups excluding carboxylic acids is 1. The molecule has 0 radical (unpaired) electrons. The van der Waals surface area contributed by atoms with Gasteiger partial charge >= 0.3 is 0 Å². The highest BCUT2D eigenvalue weighted by Crippen LogP contribution is 2.32. The number of hydrogen-bond donors (Lipinski definition) is 0. The standard InChI is InChI=1S/C27H24FNO4/c1-17-15-20(28)11-12-22(17)25-27(26(31)23-9-4-5-10-24(23)29(25)3)33-14-13-32-21-8-6-7-19(16-21)18(2)30/h4-12,15-16H,13-14H2,1-3H3. The first kappa shape index (κ1) is 22.3. The first-order valence-corrected chi connectivity index (χ1v) is 10.6. The van der Waals surface area contributed by atoms with Gasteiger partial charge in [-0.15, -0.1) is 0 Å². The van der Waals surface area contributed by atoms with Gasteiger partial charge in [0.15, 0.2) is 11.5 Å². The normalized spacial score (nSPS) is 10.9. The van der Waals surface area contributed by atoms with Crippen molar-refractivity contribution in [3.8, 4) is 22.8 Å². The Morgan fingerprint density at radius 1 is 0.970 bits per heavy atom. The summed E-state index contributed by atoms with van der Waals surface area (Å²) in [7, 11) is 1.86. The van der Waals surface area contributed by atoms with Crippen molar-refractivity contribution < 1.29 is 18.7 Å². The Balaban J connectivity index is 1.68. The second-order valence-electron chi connectivity index (χ2n) is 7.82. The number of pyridine rings is 1. The number of benzene rings is 3. The van der Waals surface area contributed by atoms with E-state index >= 15 is 0 Å². The van der Waals surface area contributed by atoms with Crippen molar-refractivity contribution in [2.24, 2.45) is 7.05 Å². The van der Waals surface area contributed by atoms with E-state index < -0.39 is 0 Å². The van der Waals surface area contributed by atoms with Gasteiger partial charge in [-0.1, -0.05) is 24.3 Å². The third kappa shape index (κ3) is 4.51. The molecule has 0 unspecified atom stereocenters. The van der Waals surface area contributed by atoms with Crippen LogP contribution in [0.3, 0.4) is 0 Å². The molecule has 0 spiro atoms. The van der Waals surface area contributed by atoms with Gasteiger partial charge in [-0.3, -0.25) is 9.59 Å². The molecule has 4 rings (SSSR count). The van der Waals surface area contributed by atoms with Gasteiger partial charge in [0.05, 0.1) is 11.2 Å². The summed E-state index contributed by atoms with van der Waals surface area (Å²) in [4.78, 5) is 24.9. The van der Waals surface area contributed by atoms with E-state index in [0.717, 1.165) is 5.52 Å². The summed E-state index contributed by atoms with van der Waals surface area (Å²) in [5.41, 5.74) is 3.07. The molecule has 168 valence electrons. The number of hydrogen-bond acceptors (Lipinski definition) is 4. The lowest BCUT2D eigenvalue weighted by molar-refractivity contribution is 0.101. The quantitative estimate of drug-likeness (QED) is 0.286. The molecule has 0 bridgehead atoms. The third-order valence-electron chi connectivity index (χ3n) is 5.55. The summed E-state index contributed by atoms with van der Waals surface area (Å²) in [6.07, 6.45) is 0. The van der Waals surface area contributed by atoms with Crippen molar-refractivity contribution in [1.29, 1.82) is 0 Å². The average Bonchev–Trinajstić information content (AvgIpc) is 2.80. The number of carbonyl (C=O) groups is 1. The lowest BCUT2D eigenvalue weighted by atomic mass is 10.0. The molecular weight excluding hydrogens is 421 g/mol. The SMILES string of the molecule is CC(=O)c1cccc(OCCOc2c(-c3ccc(F)cc3C)n(C)c3ccccc3c2=O)c1. The summed E-state index contributed by atoms with van der Waals surface area (Å²) >= 11 is 0. The van der Waals surface area contributed by atoms with Crippen molar-refractivity contribution in [3.63, 3.8) is 0 Å². The van der Waals surface area contributed by atoms with Crippen LogP contribution in [0.2, 0.25) is 0 Å². The van der Waals surface area contributed by atoms with Crippen LogP contribution in [-0.2, 0) is 7.05 Å². The first-order chi connectivity index (χ1) is 15.9. The molecular formula is C27H24FNO4. The Bertz CT molecular complexity index is 1410. The number of para-hydroxylation sites is 1. The summed E-state index contributed by atoms with van der Waals surface area (Å²) in [5, 5.41) is 0.536. The van der Waals surface area contributed by atoms with E-state index in [0.29, 0.717) is 33.5 Å². The van der Waals surface area contributed by atoms with Crippen molar-refractivity contribution in [2.45, 2.75) is 13.8 Å². The summed E-state index contributed by atoms with van der Waals surface area (Å²) in [6.45, 7) is 3.59. The highest BCUT2D eigenvalue weighted by molar-refractivity contribution is 5.94. The molecule has 1 aromatic heterocycles. The van der Waals surface area contributed by atoms with Crippen LogP contribution >= 0.6 is 0 Å². The number of aromatic nitrogens is 1. The van der Waals surface area contributed by atoms with Gasteiger partial charge in [0.2, 0.25) is 5.43 Å². The molecule has 0 atom stereocenters. The lowest BCUT2D eigenvalue weighted by Crippen LogP contribution is -2.19. The Morgan fingerprint density at radius 3 is 2.48 bits per heavy atom. The number of rotatable bonds is 7. The molecule has 0 aliphatic heterocycles. The van der Waals surface area contributed by atoms with Crippen LogP contribution in [0.4, 0.5) is 4.39 Å². The fourth-order valence-electron chi connectivity index (χ4n) is 3.90. The maximum Gasteiger partial charge on any atom is 0.231 e. The van der Waals surface area contributed by atoms with Crippen molar-refractivity contribution >= 4 is 16.7 Å². The molecule has 33 heavy (non-hydrogen) atoms. The molecule has 0 saturated carbocycles. The maximum absolute atomic E-state index is 13.7. The Hall–Kier alpha value is -3.93. The molecule has 1 heterocycles. The fourth-order valence-corrected chi connectivity index (χ4v) is 3.90. The molecule has 3 aromatic carbocycles. The minimum absolute atomic E-state index is 0.0457. The van der Waals surface area contributed by atoms with Gasteiger partial charge in [0.1, 0.15) is 24.8 Å². The smallest absolute Gasteiger partial charge is 0.231 e. The predicted octanol–water partition coefficient (Wildman–Crippen LogP) is 5.31. The van der Waals surface area contributed by atoms with E-state index in [1.165, 1.54) is 19.1 Å². The number of fused-ring (bicyclic) bond motifs is 1. The Labute approximate surface area is 191 Å². The van der Waals surface area contributed by atoms with Gasteiger partial charge in [-0.05, 0) is 61.9 Å². The topological polar surface area (TPSA) is 57.5 Å². The highest BCUT2D eigenvalue weighted by atomic mass is 19.1. The lowest BCUT2D eigenvalue weighted by Gasteiger charge is -2.19. The van der Waals surface area contributed by atoms with Crippen molar-refractivity contribution in [1.82, 2.24) is 4.57 Å². The molecule has 5 nitrogen and oxygen atoms in total. The number of aryl methyl sites for hydroxylation is 2. The molecule has 0 aliphatic rings. The molecule has 0 amide bonds. The molecule has 0 aliphatic carbocycles. The molecule has 0 N–H and O–H groups in total. The molecule has 4 aromatic rings. The zero-order chi connectivity index (χ0) is 23.5. The van der Waals surface area contributed by atoms with Crippen molar-refractivity contribution in [2.75, 3.05) is 13.2 Å². The van der Waals surface area contributed by atoms with Gasteiger partial charge in [0, 0.05) is 23.6 Å². The van der Waals surface area contributed by atoms with E-state index in [1.807, 2.05) is 23.7 Å². The van der Waals surface area contributed by atoms with Crippen LogP contribution in [0.5, 0.6) is 11.5 Å². The minimum Gasteiger partial charge on any atom is -0.490 e.